The van der Waals surface area contributed by atoms with E-state index in [0.29, 0.717) is 24.2 Å². The molecule has 2 heterocycles. The monoisotopic (exact) mass is 389 g/mol. The minimum Gasteiger partial charge on any atom is -0.411 e. The zero-order valence-corrected chi connectivity index (χ0v) is 17.4. The van der Waals surface area contributed by atoms with Crippen LogP contribution in [0.15, 0.2) is 33.9 Å². The van der Waals surface area contributed by atoms with Crippen molar-refractivity contribution in [3.05, 3.63) is 29.8 Å². The van der Waals surface area contributed by atoms with Gasteiger partial charge >= 0.3 is 0 Å². The maximum atomic E-state index is 12.4. The van der Waals surface area contributed by atoms with E-state index in [2.05, 4.69) is 43.1 Å². The van der Waals surface area contributed by atoms with Crippen LogP contribution in [0.1, 0.15) is 40.2 Å². The molecule has 1 amide bonds. The minimum atomic E-state index is 0.0637. The summed E-state index contributed by atoms with van der Waals surface area (Å²) in [5, 5.41) is 8.58. The lowest BCUT2D eigenvalue weighted by atomic mass is 9.87. The molecule has 0 spiro atoms. The zero-order chi connectivity index (χ0) is 19.6. The van der Waals surface area contributed by atoms with Gasteiger partial charge in [0.2, 0.25) is 11.8 Å². The Hall–Kier alpha value is -1.86. The van der Waals surface area contributed by atoms with E-state index in [1.165, 1.54) is 17.3 Å². The molecule has 27 heavy (non-hydrogen) atoms. The molecule has 3 rings (SSSR count). The van der Waals surface area contributed by atoms with Crippen molar-refractivity contribution >= 4 is 17.7 Å². The van der Waals surface area contributed by atoms with Gasteiger partial charge in [-0.05, 0) is 37.0 Å². The summed E-state index contributed by atoms with van der Waals surface area (Å²) in [6.07, 6.45) is 0.127. The Labute approximate surface area is 164 Å². The van der Waals surface area contributed by atoms with Gasteiger partial charge in [0.1, 0.15) is 0 Å². The summed E-state index contributed by atoms with van der Waals surface area (Å²) >= 11 is 1.28. The predicted molar refractivity (Wildman–Crippen MR) is 106 cm³/mol. The Morgan fingerprint density at radius 1 is 1.15 bits per heavy atom. The largest absolute Gasteiger partial charge is 0.411 e. The third kappa shape index (κ3) is 5.11. The molecule has 2 atom stereocenters. The maximum Gasteiger partial charge on any atom is 0.277 e. The van der Waals surface area contributed by atoms with E-state index in [-0.39, 0.29) is 29.3 Å². The molecule has 1 aromatic carbocycles. The van der Waals surface area contributed by atoms with Crippen LogP contribution in [-0.2, 0) is 14.9 Å². The second kappa shape index (κ2) is 8.02. The molecule has 1 saturated heterocycles. The number of thioether (sulfide) groups is 1. The van der Waals surface area contributed by atoms with Gasteiger partial charge in [0.25, 0.3) is 5.22 Å². The number of ether oxygens (including phenoxy) is 1. The Balaban J connectivity index is 1.59. The summed E-state index contributed by atoms with van der Waals surface area (Å²) < 4.78 is 11.4. The summed E-state index contributed by atoms with van der Waals surface area (Å²) in [6.45, 7) is 11.7. The summed E-state index contributed by atoms with van der Waals surface area (Å²) in [7, 11) is 0. The third-order valence-electron chi connectivity index (χ3n) is 4.50. The van der Waals surface area contributed by atoms with Crippen molar-refractivity contribution in [1.82, 2.24) is 15.1 Å². The molecule has 2 unspecified atom stereocenters. The Bertz CT molecular complexity index is 773. The standard InChI is InChI=1S/C20H27N3O3S/c1-13-10-23(11-14(2)25-13)17(24)12-27-19-22-21-18(26-19)15-6-8-16(9-7-15)20(3,4)5/h6-9,13-14H,10-12H2,1-5H3. The second-order valence-corrected chi connectivity index (χ2v) is 8.97. The molecule has 2 aromatic rings. The highest BCUT2D eigenvalue weighted by Crippen LogP contribution is 2.27. The molecule has 146 valence electrons. The first-order valence-corrected chi connectivity index (χ1v) is 10.2. The van der Waals surface area contributed by atoms with Gasteiger partial charge < -0.3 is 14.1 Å². The van der Waals surface area contributed by atoms with Gasteiger partial charge in [-0.2, -0.15) is 0 Å². The molecule has 1 fully saturated rings. The second-order valence-electron chi connectivity index (χ2n) is 8.05. The highest BCUT2D eigenvalue weighted by atomic mass is 32.2. The van der Waals surface area contributed by atoms with E-state index in [1.807, 2.05) is 30.9 Å². The predicted octanol–water partition coefficient (Wildman–Crippen LogP) is 3.76. The molecule has 6 nitrogen and oxygen atoms in total. The Kier molecular flexibility index (Phi) is 5.91. The summed E-state index contributed by atoms with van der Waals surface area (Å²) in [5.74, 6) is 0.819. The number of benzene rings is 1. The number of morpholine rings is 1. The first-order valence-electron chi connectivity index (χ1n) is 9.23. The number of rotatable bonds is 4. The van der Waals surface area contributed by atoms with E-state index < -0.39 is 0 Å². The summed E-state index contributed by atoms with van der Waals surface area (Å²) in [4.78, 5) is 14.3. The van der Waals surface area contributed by atoms with Gasteiger partial charge in [0, 0.05) is 18.7 Å². The lowest BCUT2D eigenvalue weighted by Crippen LogP contribution is -2.48. The first kappa shape index (κ1) is 19.9. The van der Waals surface area contributed by atoms with E-state index in [4.69, 9.17) is 9.15 Å². The van der Waals surface area contributed by atoms with Crippen LogP contribution in [0.3, 0.4) is 0 Å². The fourth-order valence-corrected chi connectivity index (χ4v) is 3.76. The third-order valence-corrected chi connectivity index (χ3v) is 5.30. The van der Waals surface area contributed by atoms with Gasteiger partial charge in [-0.25, -0.2) is 0 Å². The molecule has 7 heteroatoms. The van der Waals surface area contributed by atoms with E-state index in [0.717, 1.165) is 5.56 Å². The van der Waals surface area contributed by atoms with Crippen LogP contribution >= 0.6 is 11.8 Å². The van der Waals surface area contributed by atoms with Gasteiger partial charge in [-0.3, -0.25) is 4.79 Å². The van der Waals surface area contributed by atoms with Crippen molar-refractivity contribution in [3.8, 4) is 11.5 Å². The van der Waals surface area contributed by atoms with Gasteiger partial charge in [-0.1, -0.05) is 44.7 Å². The average molecular weight is 390 g/mol. The quantitative estimate of drug-likeness (QED) is 0.742. The number of nitrogens with zero attached hydrogens (tertiary/aromatic N) is 3. The van der Waals surface area contributed by atoms with E-state index in [9.17, 15) is 4.79 Å². The normalized spacial score (nSPS) is 20.7. The Morgan fingerprint density at radius 3 is 2.37 bits per heavy atom. The van der Waals surface area contributed by atoms with Crippen LogP contribution in [0, 0.1) is 0 Å². The van der Waals surface area contributed by atoms with Crippen molar-refractivity contribution in [1.29, 1.82) is 0 Å². The van der Waals surface area contributed by atoms with Crippen molar-refractivity contribution < 1.29 is 13.9 Å². The molecular weight excluding hydrogens is 362 g/mol. The number of hydrogen-bond donors (Lipinski definition) is 0. The van der Waals surface area contributed by atoms with Crippen LogP contribution in [0.5, 0.6) is 0 Å². The van der Waals surface area contributed by atoms with E-state index >= 15 is 0 Å². The lowest BCUT2D eigenvalue weighted by molar-refractivity contribution is -0.140. The molecule has 0 saturated carbocycles. The van der Waals surface area contributed by atoms with Gasteiger partial charge in [0.15, 0.2) is 0 Å². The summed E-state index contributed by atoms with van der Waals surface area (Å²) in [6, 6.07) is 8.14. The summed E-state index contributed by atoms with van der Waals surface area (Å²) in [5.41, 5.74) is 2.23. The van der Waals surface area contributed by atoms with Gasteiger partial charge in [-0.15, -0.1) is 10.2 Å². The first-order chi connectivity index (χ1) is 12.7. The van der Waals surface area contributed by atoms with Crippen LogP contribution in [0.4, 0.5) is 0 Å². The van der Waals surface area contributed by atoms with Crippen LogP contribution in [0.25, 0.3) is 11.5 Å². The van der Waals surface area contributed by atoms with Crippen molar-refractivity contribution in [2.45, 2.75) is 57.5 Å². The highest BCUT2D eigenvalue weighted by molar-refractivity contribution is 7.99. The Morgan fingerprint density at radius 2 is 1.78 bits per heavy atom. The highest BCUT2D eigenvalue weighted by Gasteiger charge is 2.26. The molecule has 0 radical (unpaired) electrons. The molecule has 0 bridgehead atoms. The number of aromatic nitrogens is 2. The lowest BCUT2D eigenvalue weighted by Gasteiger charge is -2.35. The van der Waals surface area contributed by atoms with Crippen LogP contribution < -0.4 is 0 Å². The zero-order valence-electron chi connectivity index (χ0n) is 16.6. The fourth-order valence-electron chi connectivity index (χ4n) is 3.09. The maximum absolute atomic E-state index is 12.4. The SMILES string of the molecule is CC1CN(C(=O)CSc2nnc(-c3ccc(C(C)(C)C)cc3)o2)CC(C)O1. The number of hydrogen-bond acceptors (Lipinski definition) is 6. The van der Waals surface area contributed by atoms with E-state index in [1.54, 1.807) is 0 Å². The molecular formula is C20H27N3O3S. The topological polar surface area (TPSA) is 68.5 Å². The number of amides is 1. The molecule has 0 aliphatic carbocycles. The minimum absolute atomic E-state index is 0.0637. The van der Waals surface area contributed by atoms with Gasteiger partial charge in [0.05, 0.1) is 18.0 Å². The van der Waals surface area contributed by atoms with Crippen molar-refractivity contribution in [2.75, 3.05) is 18.8 Å². The van der Waals surface area contributed by atoms with Crippen molar-refractivity contribution in [2.24, 2.45) is 0 Å². The van der Waals surface area contributed by atoms with Crippen LogP contribution in [0.2, 0.25) is 0 Å². The smallest absolute Gasteiger partial charge is 0.277 e. The molecule has 1 aromatic heterocycles. The molecule has 0 N–H and O–H groups in total. The van der Waals surface area contributed by atoms with Crippen LogP contribution in [-0.4, -0.2) is 52.1 Å². The molecule has 1 aliphatic rings. The fraction of sp³-hybridized carbons (Fsp3) is 0.550. The average Bonchev–Trinajstić information content (AvgIpc) is 3.07. The molecule has 1 aliphatic heterocycles. The number of carbonyl (C=O) groups is 1. The van der Waals surface area contributed by atoms with Crippen molar-refractivity contribution in [3.63, 3.8) is 0 Å². The number of carbonyl (C=O) groups excluding carboxylic acids is 1.